The summed E-state index contributed by atoms with van der Waals surface area (Å²) in [5.74, 6) is 0.685. The molecular weight excluding hydrogens is 174 g/mol. The zero-order valence-electron chi connectivity index (χ0n) is 8.61. The van der Waals surface area contributed by atoms with Crippen molar-refractivity contribution >= 4 is 0 Å². The number of aromatic nitrogens is 2. The van der Waals surface area contributed by atoms with E-state index in [1.54, 1.807) is 6.33 Å². The van der Waals surface area contributed by atoms with E-state index in [2.05, 4.69) is 16.0 Å². The molecule has 0 aliphatic heterocycles. The van der Waals surface area contributed by atoms with Crippen LogP contribution in [0.2, 0.25) is 0 Å². The van der Waals surface area contributed by atoms with Gasteiger partial charge in [0.2, 0.25) is 0 Å². The fourth-order valence-corrected chi connectivity index (χ4v) is 1.78. The molecule has 2 N–H and O–H groups in total. The van der Waals surface area contributed by atoms with Crippen molar-refractivity contribution < 1.29 is 0 Å². The van der Waals surface area contributed by atoms with Crippen LogP contribution in [-0.4, -0.2) is 16.0 Å². The molecule has 1 unspecified atom stereocenters. The molecule has 1 fully saturated rings. The van der Waals surface area contributed by atoms with Crippen molar-refractivity contribution in [3.63, 3.8) is 0 Å². The SMILES string of the molecule is CC(N)Cc1cc(C2CCC2)ncn1. The molecule has 0 amide bonds. The molecule has 1 aromatic heterocycles. The molecule has 3 heteroatoms. The quantitative estimate of drug-likeness (QED) is 0.790. The predicted octanol–water partition coefficient (Wildman–Crippen LogP) is 1.63. The van der Waals surface area contributed by atoms with Crippen LogP contribution in [0.4, 0.5) is 0 Å². The van der Waals surface area contributed by atoms with Crippen LogP contribution in [0.25, 0.3) is 0 Å². The Morgan fingerprint density at radius 1 is 1.50 bits per heavy atom. The minimum absolute atomic E-state index is 0.180. The Labute approximate surface area is 84.8 Å². The van der Waals surface area contributed by atoms with E-state index < -0.39 is 0 Å². The van der Waals surface area contributed by atoms with E-state index >= 15 is 0 Å². The van der Waals surface area contributed by atoms with Gasteiger partial charge in [0.25, 0.3) is 0 Å². The molecular formula is C11H17N3. The Balaban J connectivity index is 2.09. The van der Waals surface area contributed by atoms with E-state index in [0.29, 0.717) is 5.92 Å². The highest BCUT2D eigenvalue weighted by Crippen LogP contribution is 2.35. The number of nitrogens with zero attached hydrogens (tertiary/aromatic N) is 2. The fourth-order valence-electron chi connectivity index (χ4n) is 1.78. The van der Waals surface area contributed by atoms with E-state index in [1.807, 2.05) is 6.92 Å². The third kappa shape index (κ3) is 2.10. The summed E-state index contributed by atoms with van der Waals surface area (Å²) >= 11 is 0. The maximum atomic E-state index is 5.74. The second-order valence-electron chi connectivity index (χ2n) is 4.24. The molecule has 1 aromatic rings. The summed E-state index contributed by atoms with van der Waals surface area (Å²) in [7, 11) is 0. The van der Waals surface area contributed by atoms with E-state index in [9.17, 15) is 0 Å². The fraction of sp³-hybridized carbons (Fsp3) is 0.636. The molecule has 0 radical (unpaired) electrons. The third-order valence-electron chi connectivity index (χ3n) is 2.80. The van der Waals surface area contributed by atoms with Crippen molar-refractivity contribution in [2.75, 3.05) is 0 Å². The third-order valence-corrected chi connectivity index (χ3v) is 2.80. The van der Waals surface area contributed by atoms with Crippen LogP contribution in [0, 0.1) is 0 Å². The molecule has 76 valence electrons. The molecule has 1 heterocycles. The molecule has 14 heavy (non-hydrogen) atoms. The van der Waals surface area contributed by atoms with Gasteiger partial charge in [-0.2, -0.15) is 0 Å². The molecule has 1 aliphatic rings. The normalized spacial score (nSPS) is 19.0. The Kier molecular flexibility index (Phi) is 2.77. The second-order valence-corrected chi connectivity index (χ2v) is 4.24. The first-order valence-corrected chi connectivity index (χ1v) is 5.32. The zero-order valence-corrected chi connectivity index (χ0v) is 8.61. The lowest BCUT2D eigenvalue weighted by Gasteiger charge is -2.24. The summed E-state index contributed by atoms with van der Waals surface area (Å²) in [6.07, 6.45) is 6.44. The minimum atomic E-state index is 0.180. The summed E-state index contributed by atoms with van der Waals surface area (Å²) in [5.41, 5.74) is 8.03. The van der Waals surface area contributed by atoms with Crippen molar-refractivity contribution in [2.45, 2.75) is 44.6 Å². The van der Waals surface area contributed by atoms with Crippen molar-refractivity contribution in [1.82, 2.24) is 9.97 Å². The molecule has 1 atom stereocenters. The van der Waals surface area contributed by atoms with Crippen molar-refractivity contribution in [3.8, 4) is 0 Å². The molecule has 2 rings (SSSR count). The number of hydrogen-bond donors (Lipinski definition) is 1. The summed E-state index contributed by atoms with van der Waals surface area (Å²) in [5, 5.41) is 0. The van der Waals surface area contributed by atoms with Gasteiger partial charge >= 0.3 is 0 Å². The Bertz CT molecular complexity index is 305. The van der Waals surface area contributed by atoms with Gasteiger partial charge < -0.3 is 5.73 Å². The average molecular weight is 191 g/mol. The minimum Gasteiger partial charge on any atom is -0.328 e. The van der Waals surface area contributed by atoms with Crippen molar-refractivity contribution in [2.24, 2.45) is 5.73 Å². The van der Waals surface area contributed by atoms with E-state index in [4.69, 9.17) is 5.73 Å². The lowest BCUT2D eigenvalue weighted by atomic mass is 9.82. The summed E-state index contributed by atoms with van der Waals surface area (Å²) in [6.45, 7) is 2.01. The standard InChI is InChI=1S/C11H17N3/c1-8(12)5-10-6-11(14-7-13-10)9-3-2-4-9/h6-9H,2-5,12H2,1H3. The van der Waals surface area contributed by atoms with Gasteiger partial charge in [-0.3, -0.25) is 0 Å². The molecule has 3 nitrogen and oxygen atoms in total. The van der Waals surface area contributed by atoms with Crippen LogP contribution in [-0.2, 0) is 6.42 Å². The van der Waals surface area contributed by atoms with Crippen LogP contribution in [0.1, 0.15) is 43.5 Å². The molecule has 0 aromatic carbocycles. The first kappa shape index (κ1) is 9.59. The van der Waals surface area contributed by atoms with Gasteiger partial charge in [-0.15, -0.1) is 0 Å². The summed E-state index contributed by atoms with van der Waals surface area (Å²) in [6, 6.07) is 2.30. The molecule has 1 aliphatic carbocycles. The Morgan fingerprint density at radius 3 is 2.86 bits per heavy atom. The molecule has 0 saturated heterocycles. The zero-order chi connectivity index (χ0) is 9.97. The maximum Gasteiger partial charge on any atom is 0.115 e. The van der Waals surface area contributed by atoms with Gasteiger partial charge in [-0.25, -0.2) is 9.97 Å². The van der Waals surface area contributed by atoms with E-state index in [-0.39, 0.29) is 6.04 Å². The van der Waals surface area contributed by atoms with Gasteiger partial charge in [0.15, 0.2) is 0 Å². The smallest absolute Gasteiger partial charge is 0.115 e. The predicted molar refractivity (Wildman–Crippen MR) is 56.0 cm³/mol. The van der Waals surface area contributed by atoms with E-state index in [0.717, 1.165) is 12.1 Å². The van der Waals surface area contributed by atoms with Gasteiger partial charge in [-0.05, 0) is 25.8 Å². The van der Waals surface area contributed by atoms with Crippen LogP contribution in [0.5, 0.6) is 0 Å². The lowest BCUT2D eigenvalue weighted by Crippen LogP contribution is -2.19. The topological polar surface area (TPSA) is 51.8 Å². The maximum absolute atomic E-state index is 5.74. The van der Waals surface area contributed by atoms with Crippen LogP contribution >= 0.6 is 0 Å². The Morgan fingerprint density at radius 2 is 2.29 bits per heavy atom. The molecule has 0 spiro atoms. The van der Waals surface area contributed by atoms with Gasteiger partial charge in [-0.1, -0.05) is 6.42 Å². The van der Waals surface area contributed by atoms with Crippen molar-refractivity contribution in [3.05, 3.63) is 23.8 Å². The average Bonchev–Trinajstić information content (AvgIpc) is 1.99. The van der Waals surface area contributed by atoms with Gasteiger partial charge in [0.1, 0.15) is 6.33 Å². The van der Waals surface area contributed by atoms with E-state index in [1.165, 1.54) is 25.0 Å². The highest BCUT2D eigenvalue weighted by atomic mass is 14.8. The van der Waals surface area contributed by atoms with Gasteiger partial charge in [0.05, 0.1) is 0 Å². The van der Waals surface area contributed by atoms with Crippen LogP contribution in [0.15, 0.2) is 12.4 Å². The highest BCUT2D eigenvalue weighted by Gasteiger charge is 2.20. The number of hydrogen-bond acceptors (Lipinski definition) is 3. The molecule has 0 bridgehead atoms. The number of rotatable bonds is 3. The Hall–Kier alpha value is -0.960. The first-order chi connectivity index (χ1) is 6.75. The second kappa shape index (κ2) is 4.05. The van der Waals surface area contributed by atoms with Gasteiger partial charge in [0, 0.05) is 29.8 Å². The monoisotopic (exact) mass is 191 g/mol. The lowest BCUT2D eigenvalue weighted by molar-refractivity contribution is 0.410. The first-order valence-electron chi connectivity index (χ1n) is 5.32. The van der Waals surface area contributed by atoms with Crippen LogP contribution < -0.4 is 5.73 Å². The largest absolute Gasteiger partial charge is 0.328 e. The summed E-state index contributed by atoms with van der Waals surface area (Å²) < 4.78 is 0. The van der Waals surface area contributed by atoms with Crippen molar-refractivity contribution in [1.29, 1.82) is 0 Å². The molecule has 1 saturated carbocycles. The summed E-state index contributed by atoms with van der Waals surface area (Å²) in [4.78, 5) is 8.55. The highest BCUT2D eigenvalue weighted by molar-refractivity contribution is 5.15. The van der Waals surface area contributed by atoms with Crippen LogP contribution in [0.3, 0.4) is 0 Å². The number of nitrogens with two attached hydrogens (primary N) is 1.